The zero-order valence-electron chi connectivity index (χ0n) is 16.8. The maximum atomic E-state index is 11.5. The third kappa shape index (κ3) is 4.30. The normalized spacial score (nSPS) is 10.8. The average molecular weight is 397 g/mol. The Hall–Kier alpha value is -3.73. The summed E-state index contributed by atoms with van der Waals surface area (Å²) in [5, 5.41) is 14.1. The van der Waals surface area contributed by atoms with Crippen LogP contribution in [0.2, 0.25) is 0 Å². The quantitative estimate of drug-likeness (QED) is 0.484. The van der Waals surface area contributed by atoms with E-state index in [1.54, 1.807) is 12.1 Å². The summed E-state index contributed by atoms with van der Waals surface area (Å²) >= 11 is 0. The van der Waals surface area contributed by atoms with Crippen molar-refractivity contribution in [3.63, 3.8) is 0 Å². The highest BCUT2D eigenvalue weighted by atomic mass is 16.4. The van der Waals surface area contributed by atoms with E-state index in [0.29, 0.717) is 18.4 Å². The second-order valence-corrected chi connectivity index (χ2v) is 7.15. The van der Waals surface area contributed by atoms with Gasteiger partial charge >= 0.3 is 5.97 Å². The summed E-state index contributed by atoms with van der Waals surface area (Å²) in [7, 11) is 0. The average Bonchev–Trinajstić information content (AvgIpc) is 3.16. The van der Waals surface area contributed by atoms with Crippen molar-refractivity contribution in [1.29, 1.82) is 0 Å². The molecule has 0 saturated heterocycles. The highest BCUT2D eigenvalue weighted by molar-refractivity contribution is 5.95. The molecule has 0 saturated carbocycles. The summed E-state index contributed by atoms with van der Waals surface area (Å²) in [6.45, 7) is 2.83. The fraction of sp³-hybridized carbons (Fsp3) is 0.160. The molecule has 5 heteroatoms. The summed E-state index contributed by atoms with van der Waals surface area (Å²) in [6.07, 6.45) is 1.39. The van der Waals surface area contributed by atoms with Gasteiger partial charge in [0, 0.05) is 19.4 Å². The Morgan fingerprint density at radius 2 is 1.53 bits per heavy atom. The standard InChI is InChI=1S/C25H23N3O2/c1-2-28-24(26-23(27-28)16-18-8-4-3-5-9-18)17-19-12-14-20(15-13-19)21-10-6-7-11-22(21)25(29)30/h3-15H,2,16-17H2,1H3,(H,29,30). The van der Waals surface area contributed by atoms with Crippen LogP contribution in [-0.2, 0) is 19.4 Å². The van der Waals surface area contributed by atoms with Crippen molar-refractivity contribution in [2.75, 3.05) is 0 Å². The molecule has 0 atom stereocenters. The first-order chi connectivity index (χ1) is 14.6. The Kier molecular flexibility index (Phi) is 5.70. The van der Waals surface area contributed by atoms with Crippen LogP contribution in [0.3, 0.4) is 0 Å². The molecule has 0 aliphatic carbocycles. The molecule has 0 fully saturated rings. The minimum absolute atomic E-state index is 0.307. The Balaban J connectivity index is 1.54. The molecule has 1 aromatic heterocycles. The Labute approximate surface area is 175 Å². The third-order valence-corrected chi connectivity index (χ3v) is 5.08. The molecule has 0 amide bonds. The number of hydrogen-bond donors (Lipinski definition) is 1. The summed E-state index contributed by atoms with van der Waals surface area (Å²) < 4.78 is 1.95. The summed E-state index contributed by atoms with van der Waals surface area (Å²) in [6, 6.07) is 25.3. The van der Waals surface area contributed by atoms with Gasteiger partial charge in [-0.3, -0.25) is 0 Å². The smallest absolute Gasteiger partial charge is 0.336 e. The molecule has 1 N–H and O–H groups in total. The van der Waals surface area contributed by atoms with Crippen LogP contribution in [0.5, 0.6) is 0 Å². The molecular formula is C25H23N3O2. The lowest BCUT2D eigenvalue weighted by Gasteiger charge is -2.08. The number of aromatic nitrogens is 3. The molecule has 4 aromatic rings. The fourth-order valence-electron chi connectivity index (χ4n) is 3.57. The molecule has 0 radical (unpaired) electrons. The number of rotatable bonds is 7. The minimum atomic E-state index is -0.920. The van der Waals surface area contributed by atoms with Gasteiger partial charge in [0.15, 0.2) is 5.82 Å². The van der Waals surface area contributed by atoms with Crippen molar-refractivity contribution in [3.8, 4) is 11.1 Å². The van der Waals surface area contributed by atoms with Crippen LogP contribution in [-0.4, -0.2) is 25.8 Å². The van der Waals surface area contributed by atoms with Gasteiger partial charge in [-0.25, -0.2) is 14.5 Å². The number of hydrogen-bond acceptors (Lipinski definition) is 3. The largest absolute Gasteiger partial charge is 0.478 e. The fourth-order valence-corrected chi connectivity index (χ4v) is 3.57. The molecule has 0 aliphatic rings. The predicted octanol–water partition coefficient (Wildman–Crippen LogP) is 4.84. The summed E-state index contributed by atoms with van der Waals surface area (Å²) in [5.74, 6) is 0.837. The van der Waals surface area contributed by atoms with Crippen LogP contribution < -0.4 is 0 Å². The van der Waals surface area contributed by atoms with Gasteiger partial charge < -0.3 is 5.11 Å². The topological polar surface area (TPSA) is 68.0 Å². The lowest BCUT2D eigenvalue weighted by molar-refractivity contribution is 0.0697. The molecule has 0 bridgehead atoms. The molecule has 30 heavy (non-hydrogen) atoms. The molecule has 0 spiro atoms. The third-order valence-electron chi connectivity index (χ3n) is 5.08. The van der Waals surface area contributed by atoms with E-state index in [9.17, 15) is 9.90 Å². The first-order valence-corrected chi connectivity index (χ1v) is 10.0. The predicted molar refractivity (Wildman–Crippen MR) is 117 cm³/mol. The zero-order valence-corrected chi connectivity index (χ0v) is 16.8. The molecule has 150 valence electrons. The van der Waals surface area contributed by atoms with E-state index in [4.69, 9.17) is 4.98 Å². The first-order valence-electron chi connectivity index (χ1n) is 10.0. The lowest BCUT2D eigenvalue weighted by Crippen LogP contribution is -2.04. The number of nitrogens with zero attached hydrogens (tertiary/aromatic N) is 3. The number of aryl methyl sites for hydroxylation is 1. The highest BCUT2D eigenvalue weighted by Crippen LogP contribution is 2.24. The van der Waals surface area contributed by atoms with Crippen LogP contribution in [0.15, 0.2) is 78.9 Å². The number of carboxylic acid groups (broad SMARTS) is 1. The van der Waals surface area contributed by atoms with E-state index in [1.807, 2.05) is 59.3 Å². The van der Waals surface area contributed by atoms with Gasteiger partial charge in [-0.15, -0.1) is 0 Å². The Bertz CT molecular complexity index is 1150. The second-order valence-electron chi connectivity index (χ2n) is 7.15. The van der Waals surface area contributed by atoms with Gasteiger partial charge in [-0.1, -0.05) is 72.8 Å². The van der Waals surface area contributed by atoms with E-state index in [1.165, 1.54) is 5.56 Å². The molecule has 1 heterocycles. The van der Waals surface area contributed by atoms with Crippen LogP contribution in [0.1, 0.15) is 40.1 Å². The van der Waals surface area contributed by atoms with Gasteiger partial charge in [0.1, 0.15) is 5.82 Å². The van der Waals surface area contributed by atoms with Crippen LogP contribution in [0, 0.1) is 0 Å². The van der Waals surface area contributed by atoms with Crippen LogP contribution >= 0.6 is 0 Å². The number of carbonyl (C=O) groups is 1. The Morgan fingerprint density at radius 3 is 2.23 bits per heavy atom. The summed E-state index contributed by atoms with van der Waals surface area (Å²) in [4.78, 5) is 16.3. The van der Waals surface area contributed by atoms with Gasteiger partial charge in [-0.2, -0.15) is 5.10 Å². The maximum Gasteiger partial charge on any atom is 0.336 e. The van der Waals surface area contributed by atoms with Crippen molar-refractivity contribution < 1.29 is 9.90 Å². The SMILES string of the molecule is CCn1nc(Cc2ccccc2)nc1Cc1ccc(-c2ccccc2C(=O)O)cc1. The number of aromatic carboxylic acids is 1. The zero-order chi connectivity index (χ0) is 20.9. The van der Waals surface area contributed by atoms with Crippen molar-refractivity contribution in [2.45, 2.75) is 26.3 Å². The molecular weight excluding hydrogens is 374 g/mol. The maximum absolute atomic E-state index is 11.5. The Morgan fingerprint density at radius 1 is 0.867 bits per heavy atom. The first kappa shape index (κ1) is 19.6. The van der Waals surface area contributed by atoms with E-state index < -0.39 is 5.97 Å². The number of benzene rings is 3. The van der Waals surface area contributed by atoms with Gasteiger partial charge in [0.05, 0.1) is 5.56 Å². The van der Waals surface area contributed by atoms with E-state index in [-0.39, 0.29) is 0 Å². The monoisotopic (exact) mass is 397 g/mol. The van der Waals surface area contributed by atoms with Gasteiger partial charge in [0.2, 0.25) is 0 Å². The van der Waals surface area contributed by atoms with E-state index in [0.717, 1.165) is 34.9 Å². The second kappa shape index (κ2) is 8.74. The molecule has 4 rings (SSSR count). The van der Waals surface area contributed by atoms with Crippen molar-refractivity contribution in [1.82, 2.24) is 14.8 Å². The molecule has 0 unspecified atom stereocenters. The molecule has 3 aromatic carbocycles. The van der Waals surface area contributed by atoms with Crippen molar-refractivity contribution >= 4 is 5.97 Å². The number of carboxylic acids is 1. The van der Waals surface area contributed by atoms with Crippen LogP contribution in [0.25, 0.3) is 11.1 Å². The lowest BCUT2D eigenvalue weighted by atomic mass is 9.98. The molecule has 5 nitrogen and oxygen atoms in total. The van der Waals surface area contributed by atoms with Gasteiger partial charge in [-0.05, 0) is 35.2 Å². The summed E-state index contributed by atoms with van der Waals surface area (Å²) in [5.41, 5.74) is 4.22. The van der Waals surface area contributed by atoms with Crippen molar-refractivity contribution in [3.05, 3.63) is 107 Å². The molecule has 0 aliphatic heterocycles. The van der Waals surface area contributed by atoms with E-state index >= 15 is 0 Å². The van der Waals surface area contributed by atoms with E-state index in [2.05, 4.69) is 24.2 Å². The highest BCUT2D eigenvalue weighted by Gasteiger charge is 2.13. The van der Waals surface area contributed by atoms with Crippen molar-refractivity contribution in [2.24, 2.45) is 0 Å². The minimum Gasteiger partial charge on any atom is -0.478 e. The van der Waals surface area contributed by atoms with Gasteiger partial charge in [0.25, 0.3) is 0 Å². The van der Waals surface area contributed by atoms with Crippen LogP contribution in [0.4, 0.5) is 0 Å².